The van der Waals surface area contributed by atoms with Crippen LogP contribution in [0.1, 0.15) is 24.3 Å². The summed E-state index contributed by atoms with van der Waals surface area (Å²) in [6.07, 6.45) is 1.19. The Morgan fingerprint density at radius 1 is 1.28 bits per heavy atom. The van der Waals surface area contributed by atoms with Crippen LogP contribution in [-0.4, -0.2) is 32.4 Å². The molecule has 0 unspecified atom stereocenters. The molecule has 10 heteroatoms. The minimum atomic E-state index is -3.75. The van der Waals surface area contributed by atoms with E-state index in [-0.39, 0.29) is 26.8 Å². The number of nitrogens with zero attached hydrogens (tertiary/aromatic N) is 1. The molecule has 0 spiro atoms. The Kier molecular flexibility index (Phi) is 5.65. The van der Waals surface area contributed by atoms with Crippen LogP contribution in [0.5, 0.6) is 0 Å². The zero-order valence-electron chi connectivity index (χ0n) is 13.6. The summed E-state index contributed by atoms with van der Waals surface area (Å²) >= 11 is 2.88. The number of hydrogen-bond donors (Lipinski definition) is 2. The average molecular weight is 436 g/mol. The van der Waals surface area contributed by atoms with E-state index in [1.165, 1.54) is 25.4 Å². The summed E-state index contributed by atoms with van der Waals surface area (Å²) in [6, 6.07) is 3.00. The van der Waals surface area contributed by atoms with Crippen molar-refractivity contribution in [2.75, 3.05) is 11.9 Å². The van der Waals surface area contributed by atoms with Gasteiger partial charge in [-0.3, -0.25) is 4.79 Å². The van der Waals surface area contributed by atoms with Crippen molar-refractivity contribution in [2.24, 2.45) is 0 Å². The highest BCUT2D eigenvalue weighted by atomic mass is 79.9. The molecule has 0 aliphatic heterocycles. The van der Waals surface area contributed by atoms with Crippen molar-refractivity contribution in [1.82, 2.24) is 9.71 Å². The Bertz CT molecular complexity index is 889. The molecule has 2 aromatic rings. The monoisotopic (exact) mass is 435 g/mol. The molecule has 1 amide bonds. The molecule has 0 atom stereocenters. The first kappa shape index (κ1) is 19.5. The lowest BCUT2D eigenvalue weighted by atomic mass is 10.2. The van der Waals surface area contributed by atoms with Gasteiger partial charge in [0.1, 0.15) is 10.6 Å². The Morgan fingerprint density at radius 3 is 2.48 bits per heavy atom. The van der Waals surface area contributed by atoms with Gasteiger partial charge < -0.3 is 9.88 Å². The van der Waals surface area contributed by atoms with Gasteiger partial charge in [0.05, 0.1) is 4.47 Å². The molecule has 1 heterocycles. The van der Waals surface area contributed by atoms with Crippen molar-refractivity contribution in [2.45, 2.75) is 24.8 Å². The zero-order valence-corrected chi connectivity index (χ0v) is 16.0. The van der Waals surface area contributed by atoms with Crippen molar-refractivity contribution in [3.8, 4) is 0 Å². The van der Waals surface area contributed by atoms with Gasteiger partial charge in [0.2, 0.25) is 10.0 Å². The SMILES string of the molecule is CC(C)NS(=O)(=O)c1c[nH]c(C(=O)N(C)c2cc(F)c(F)c(Br)c2)c1. The third-order valence-corrected chi connectivity index (χ3v) is 5.46. The number of nitrogens with one attached hydrogen (secondary N) is 2. The number of aromatic amines is 1. The predicted octanol–water partition coefficient (Wildman–Crippen LogP) is 3.02. The zero-order chi connectivity index (χ0) is 18.9. The van der Waals surface area contributed by atoms with E-state index in [0.717, 1.165) is 11.0 Å². The minimum Gasteiger partial charge on any atom is -0.356 e. The number of carbonyl (C=O) groups is 1. The second kappa shape index (κ2) is 7.22. The van der Waals surface area contributed by atoms with Crippen LogP contribution >= 0.6 is 15.9 Å². The minimum absolute atomic E-state index is 0.00696. The van der Waals surface area contributed by atoms with Crippen molar-refractivity contribution >= 4 is 37.5 Å². The summed E-state index contributed by atoms with van der Waals surface area (Å²) in [5, 5.41) is 0. The van der Waals surface area contributed by atoms with Crippen LogP contribution < -0.4 is 9.62 Å². The average Bonchev–Trinajstić information content (AvgIpc) is 3.00. The van der Waals surface area contributed by atoms with Gasteiger partial charge in [0, 0.05) is 31.0 Å². The molecule has 0 saturated carbocycles. The summed E-state index contributed by atoms with van der Waals surface area (Å²) < 4.78 is 53.3. The number of anilines is 1. The molecular formula is C15H16BrF2N3O3S. The Morgan fingerprint density at radius 2 is 1.92 bits per heavy atom. The van der Waals surface area contributed by atoms with E-state index in [1.54, 1.807) is 13.8 Å². The van der Waals surface area contributed by atoms with Crippen LogP contribution in [0.25, 0.3) is 0 Å². The van der Waals surface area contributed by atoms with Gasteiger partial charge in [-0.15, -0.1) is 0 Å². The topological polar surface area (TPSA) is 82.3 Å². The fourth-order valence-electron chi connectivity index (χ4n) is 2.07. The van der Waals surface area contributed by atoms with E-state index >= 15 is 0 Å². The fraction of sp³-hybridized carbons (Fsp3) is 0.267. The molecule has 0 saturated heterocycles. The summed E-state index contributed by atoms with van der Waals surface area (Å²) in [4.78, 5) is 16.0. The van der Waals surface area contributed by atoms with Crippen LogP contribution in [-0.2, 0) is 10.0 Å². The number of aromatic nitrogens is 1. The first-order valence-electron chi connectivity index (χ1n) is 7.16. The Hall–Kier alpha value is -1.78. The maximum Gasteiger partial charge on any atom is 0.274 e. The number of halogens is 3. The van der Waals surface area contributed by atoms with E-state index in [2.05, 4.69) is 25.6 Å². The van der Waals surface area contributed by atoms with Gasteiger partial charge in [-0.2, -0.15) is 0 Å². The van der Waals surface area contributed by atoms with Crippen molar-refractivity contribution in [1.29, 1.82) is 0 Å². The third kappa shape index (κ3) is 4.25. The van der Waals surface area contributed by atoms with Crippen LogP contribution in [0.4, 0.5) is 14.5 Å². The molecule has 2 N–H and O–H groups in total. The molecule has 136 valence electrons. The maximum atomic E-state index is 13.5. The first-order valence-corrected chi connectivity index (χ1v) is 9.44. The smallest absolute Gasteiger partial charge is 0.274 e. The molecule has 1 aromatic heterocycles. The van der Waals surface area contributed by atoms with Gasteiger partial charge in [-0.1, -0.05) is 0 Å². The van der Waals surface area contributed by atoms with Crippen LogP contribution in [0.2, 0.25) is 0 Å². The lowest BCUT2D eigenvalue weighted by molar-refractivity contribution is 0.0988. The second-order valence-electron chi connectivity index (χ2n) is 5.61. The molecule has 25 heavy (non-hydrogen) atoms. The van der Waals surface area contributed by atoms with Crippen LogP contribution in [0, 0.1) is 11.6 Å². The summed E-state index contributed by atoms with van der Waals surface area (Å²) in [5.41, 5.74) is 0.0996. The summed E-state index contributed by atoms with van der Waals surface area (Å²) in [6.45, 7) is 3.34. The molecule has 2 rings (SSSR count). The third-order valence-electron chi connectivity index (χ3n) is 3.25. The van der Waals surface area contributed by atoms with E-state index in [0.29, 0.717) is 0 Å². The number of benzene rings is 1. The van der Waals surface area contributed by atoms with Gasteiger partial charge in [0.15, 0.2) is 11.6 Å². The number of amides is 1. The number of H-pyrrole nitrogens is 1. The van der Waals surface area contributed by atoms with Crippen molar-refractivity contribution in [3.63, 3.8) is 0 Å². The quantitative estimate of drug-likeness (QED) is 0.708. The largest absolute Gasteiger partial charge is 0.356 e. The Balaban J connectivity index is 2.30. The van der Waals surface area contributed by atoms with Gasteiger partial charge in [-0.05, 0) is 41.9 Å². The molecule has 1 aromatic carbocycles. The van der Waals surface area contributed by atoms with Gasteiger partial charge >= 0.3 is 0 Å². The summed E-state index contributed by atoms with van der Waals surface area (Å²) in [7, 11) is -2.39. The van der Waals surface area contributed by atoms with E-state index in [9.17, 15) is 22.0 Å². The molecule has 6 nitrogen and oxygen atoms in total. The van der Waals surface area contributed by atoms with E-state index < -0.39 is 27.6 Å². The lowest BCUT2D eigenvalue weighted by Crippen LogP contribution is -2.30. The van der Waals surface area contributed by atoms with Gasteiger partial charge in [0.25, 0.3) is 5.91 Å². The molecule has 0 aliphatic carbocycles. The predicted molar refractivity (Wildman–Crippen MR) is 93.0 cm³/mol. The van der Waals surface area contributed by atoms with Crippen molar-refractivity contribution in [3.05, 3.63) is 46.2 Å². The van der Waals surface area contributed by atoms with Gasteiger partial charge in [-0.25, -0.2) is 21.9 Å². The molecule has 0 bridgehead atoms. The maximum absolute atomic E-state index is 13.5. The normalized spacial score (nSPS) is 11.8. The first-order chi connectivity index (χ1) is 11.5. The number of carbonyl (C=O) groups excluding carboxylic acids is 1. The highest BCUT2D eigenvalue weighted by molar-refractivity contribution is 9.10. The fourth-order valence-corrected chi connectivity index (χ4v) is 3.73. The highest BCUT2D eigenvalue weighted by Gasteiger charge is 2.22. The number of hydrogen-bond acceptors (Lipinski definition) is 3. The number of rotatable bonds is 5. The van der Waals surface area contributed by atoms with Crippen LogP contribution in [0.15, 0.2) is 33.8 Å². The molecule has 0 radical (unpaired) electrons. The number of sulfonamides is 1. The standard InChI is InChI=1S/C15H16BrF2N3O3S/c1-8(2)20-25(23,24)10-6-13(19-7-10)15(22)21(3)9-4-11(16)14(18)12(17)5-9/h4-8,19-20H,1-3H3. The molecular weight excluding hydrogens is 420 g/mol. The second-order valence-corrected chi connectivity index (χ2v) is 8.18. The molecule has 0 aliphatic rings. The van der Waals surface area contributed by atoms with E-state index in [4.69, 9.17) is 0 Å². The highest BCUT2D eigenvalue weighted by Crippen LogP contribution is 2.26. The van der Waals surface area contributed by atoms with Crippen LogP contribution in [0.3, 0.4) is 0 Å². The van der Waals surface area contributed by atoms with E-state index in [1.807, 2.05) is 0 Å². The molecule has 0 fully saturated rings. The summed E-state index contributed by atoms with van der Waals surface area (Å²) in [5.74, 6) is -2.78. The van der Waals surface area contributed by atoms with Crippen molar-refractivity contribution < 1.29 is 22.0 Å². The Labute approximate surface area is 152 Å². The lowest BCUT2D eigenvalue weighted by Gasteiger charge is -2.17.